The van der Waals surface area contributed by atoms with E-state index in [9.17, 15) is 9.59 Å². The molecular formula is C14H12ClN3O4S. The average Bonchev–Trinajstić information content (AvgIpc) is 2.99. The maximum Gasteiger partial charge on any atom is 0.413 e. The molecule has 120 valence electrons. The quantitative estimate of drug-likeness (QED) is 0.490. The first-order chi connectivity index (χ1) is 11.1. The molecule has 23 heavy (non-hydrogen) atoms. The number of hydrogen-bond donors (Lipinski definition) is 1. The van der Waals surface area contributed by atoms with Gasteiger partial charge >= 0.3 is 6.09 Å². The third-order valence-electron chi connectivity index (χ3n) is 2.54. The first-order valence-electron chi connectivity index (χ1n) is 6.34. The average molecular weight is 354 g/mol. The van der Waals surface area contributed by atoms with Gasteiger partial charge in [0, 0.05) is 5.38 Å². The molecule has 7 nitrogen and oxygen atoms in total. The number of amides is 1. The summed E-state index contributed by atoms with van der Waals surface area (Å²) < 4.78 is 5.07. The standard InChI is InChI=1S/C14H12ClN3O4S/c1-21-18-11(12(15)19)10-8-23-13(16-10)17-14(20)22-7-9-5-3-2-4-6-9/h2-6,8H,7H2,1H3,(H,16,17,20)/b18-11+. The number of aromatic nitrogens is 1. The number of benzene rings is 1. The maximum atomic E-state index is 11.7. The predicted octanol–water partition coefficient (Wildman–Crippen LogP) is 3.01. The van der Waals surface area contributed by atoms with Crippen LogP contribution >= 0.6 is 22.9 Å². The number of nitrogens with one attached hydrogen (secondary N) is 1. The summed E-state index contributed by atoms with van der Waals surface area (Å²) in [6.45, 7) is 0.140. The zero-order chi connectivity index (χ0) is 16.7. The third kappa shape index (κ3) is 5.04. The Morgan fingerprint density at radius 2 is 2.09 bits per heavy atom. The number of carbonyl (C=O) groups is 2. The number of thiazole rings is 1. The van der Waals surface area contributed by atoms with Crippen LogP contribution in [-0.4, -0.2) is 29.1 Å². The molecule has 2 aromatic rings. The largest absolute Gasteiger partial charge is 0.444 e. The van der Waals surface area contributed by atoms with Crippen LogP contribution in [-0.2, 0) is 21.0 Å². The van der Waals surface area contributed by atoms with E-state index in [0.717, 1.165) is 16.9 Å². The molecule has 2 rings (SSSR count). The Morgan fingerprint density at radius 1 is 1.35 bits per heavy atom. The molecule has 0 atom stereocenters. The van der Waals surface area contributed by atoms with Gasteiger partial charge in [0.2, 0.25) is 0 Å². The molecule has 1 aromatic heterocycles. The predicted molar refractivity (Wildman–Crippen MR) is 86.8 cm³/mol. The van der Waals surface area contributed by atoms with Gasteiger partial charge in [0.05, 0.1) is 0 Å². The van der Waals surface area contributed by atoms with Gasteiger partial charge in [-0.3, -0.25) is 10.1 Å². The Hall–Kier alpha value is -2.45. The summed E-state index contributed by atoms with van der Waals surface area (Å²) in [5.74, 6) is 0. The molecule has 1 aromatic carbocycles. The van der Waals surface area contributed by atoms with Gasteiger partial charge in [-0.1, -0.05) is 35.5 Å². The highest BCUT2D eigenvalue weighted by Gasteiger charge is 2.17. The molecule has 1 N–H and O–H groups in total. The van der Waals surface area contributed by atoms with Gasteiger partial charge in [-0.05, 0) is 17.2 Å². The minimum Gasteiger partial charge on any atom is -0.444 e. The minimum atomic E-state index is -0.810. The van der Waals surface area contributed by atoms with Crippen molar-refractivity contribution in [3.63, 3.8) is 0 Å². The van der Waals surface area contributed by atoms with Crippen LogP contribution in [0.5, 0.6) is 0 Å². The number of hydrogen-bond acceptors (Lipinski definition) is 7. The molecule has 0 bridgehead atoms. The lowest BCUT2D eigenvalue weighted by Gasteiger charge is -2.04. The lowest BCUT2D eigenvalue weighted by molar-refractivity contribution is -0.106. The van der Waals surface area contributed by atoms with Crippen LogP contribution in [0.25, 0.3) is 0 Å². The van der Waals surface area contributed by atoms with E-state index in [1.807, 2.05) is 30.3 Å². The fourth-order valence-electron chi connectivity index (χ4n) is 1.56. The highest BCUT2D eigenvalue weighted by atomic mass is 35.5. The molecular weight excluding hydrogens is 342 g/mol. The van der Waals surface area contributed by atoms with Crippen LogP contribution in [0, 0.1) is 0 Å². The maximum absolute atomic E-state index is 11.7. The van der Waals surface area contributed by atoms with Crippen molar-refractivity contribution >= 4 is 45.1 Å². The molecule has 0 unspecified atom stereocenters. The second-order valence-corrected chi connectivity index (χ2v) is 5.32. The summed E-state index contributed by atoms with van der Waals surface area (Å²) >= 11 is 6.49. The third-order valence-corrected chi connectivity index (χ3v) is 3.47. The van der Waals surface area contributed by atoms with Crippen LogP contribution in [0.3, 0.4) is 0 Å². The van der Waals surface area contributed by atoms with Gasteiger partial charge in [-0.2, -0.15) is 0 Å². The number of ether oxygens (including phenoxy) is 1. The summed E-state index contributed by atoms with van der Waals surface area (Å²) in [6, 6.07) is 9.26. The van der Waals surface area contributed by atoms with Gasteiger partial charge < -0.3 is 9.57 Å². The Morgan fingerprint density at radius 3 is 2.74 bits per heavy atom. The fourth-order valence-corrected chi connectivity index (χ4v) is 2.37. The summed E-state index contributed by atoms with van der Waals surface area (Å²) in [5.41, 5.74) is 0.927. The van der Waals surface area contributed by atoms with Crippen molar-refractivity contribution in [3.05, 3.63) is 47.0 Å². The highest BCUT2D eigenvalue weighted by molar-refractivity contribution is 7.14. The monoisotopic (exact) mass is 353 g/mol. The van der Waals surface area contributed by atoms with Gasteiger partial charge in [0.25, 0.3) is 5.24 Å². The van der Waals surface area contributed by atoms with E-state index in [0.29, 0.717) is 0 Å². The van der Waals surface area contributed by atoms with E-state index in [1.54, 1.807) is 0 Å². The van der Waals surface area contributed by atoms with Crippen LogP contribution in [0.15, 0.2) is 40.9 Å². The molecule has 0 aliphatic heterocycles. The molecule has 0 spiro atoms. The molecule has 0 aliphatic carbocycles. The Balaban J connectivity index is 1.94. The van der Waals surface area contributed by atoms with Crippen molar-refractivity contribution in [2.45, 2.75) is 6.61 Å². The van der Waals surface area contributed by atoms with Crippen LogP contribution < -0.4 is 5.32 Å². The van der Waals surface area contributed by atoms with E-state index < -0.39 is 11.3 Å². The summed E-state index contributed by atoms with van der Waals surface area (Å²) in [4.78, 5) is 31.5. The molecule has 0 saturated heterocycles. The van der Waals surface area contributed by atoms with Gasteiger partial charge in [-0.25, -0.2) is 9.78 Å². The summed E-state index contributed by atoms with van der Waals surface area (Å²) in [5, 5.41) is 6.92. The van der Waals surface area contributed by atoms with E-state index >= 15 is 0 Å². The number of anilines is 1. The van der Waals surface area contributed by atoms with Gasteiger partial charge in [0.15, 0.2) is 10.8 Å². The summed E-state index contributed by atoms with van der Waals surface area (Å²) in [7, 11) is 1.28. The number of oxime groups is 1. The Bertz CT molecular complexity index is 718. The smallest absolute Gasteiger partial charge is 0.413 e. The zero-order valence-corrected chi connectivity index (χ0v) is 13.6. The van der Waals surface area contributed by atoms with Crippen LogP contribution in [0.4, 0.5) is 9.93 Å². The van der Waals surface area contributed by atoms with E-state index in [4.69, 9.17) is 16.3 Å². The SMILES string of the molecule is CO/N=C(/C(=O)Cl)c1csc(NC(=O)OCc2ccccc2)n1. The number of halogens is 1. The topological polar surface area (TPSA) is 89.9 Å². The Labute approximate surface area is 140 Å². The van der Waals surface area contributed by atoms with Gasteiger partial charge in [-0.15, -0.1) is 11.3 Å². The minimum absolute atomic E-state index is 0.140. The van der Waals surface area contributed by atoms with Crippen molar-refractivity contribution < 1.29 is 19.2 Å². The van der Waals surface area contributed by atoms with E-state index in [-0.39, 0.29) is 23.1 Å². The van der Waals surface area contributed by atoms with Crippen molar-refractivity contribution in [3.8, 4) is 0 Å². The lowest BCUT2D eigenvalue weighted by Crippen LogP contribution is -2.14. The summed E-state index contributed by atoms with van der Waals surface area (Å²) in [6.07, 6.45) is -0.655. The molecule has 1 heterocycles. The van der Waals surface area contributed by atoms with Crippen molar-refractivity contribution in [1.29, 1.82) is 0 Å². The first-order valence-corrected chi connectivity index (χ1v) is 7.60. The first kappa shape index (κ1) is 16.9. The second kappa shape index (κ2) is 8.25. The van der Waals surface area contributed by atoms with Crippen molar-refractivity contribution in [2.75, 3.05) is 12.4 Å². The molecule has 0 saturated carbocycles. The number of rotatable bonds is 6. The molecule has 0 aliphatic rings. The van der Waals surface area contributed by atoms with Gasteiger partial charge in [0.1, 0.15) is 19.4 Å². The number of nitrogens with zero attached hydrogens (tertiary/aromatic N) is 2. The van der Waals surface area contributed by atoms with Crippen LogP contribution in [0.1, 0.15) is 11.3 Å². The Kier molecular flexibility index (Phi) is 6.07. The van der Waals surface area contributed by atoms with Crippen molar-refractivity contribution in [1.82, 2.24) is 4.98 Å². The number of carbonyl (C=O) groups excluding carboxylic acids is 2. The molecule has 0 fully saturated rings. The van der Waals surface area contributed by atoms with E-state index in [2.05, 4.69) is 20.3 Å². The van der Waals surface area contributed by atoms with E-state index in [1.165, 1.54) is 12.5 Å². The normalized spacial score (nSPS) is 11.0. The fraction of sp³-hybridized carbons (Fsp3) is 0.143. The highest BCUT2D eigenvalue weighted by Crippen LogP contribution is 2.17. The lowest BCUT2D eigenvalue weighted by atomic mass is 10.2. The molecule has 0 radical (unpaired) electrons. The second-order valence-electron chi connectivity index (χ2n) is 4.12. The van der Waals surface area contributed by atoms with Crippen molar-refractivity contribution in [2.24, 2.45) is 5.16 Å². The zero-order valence-electron chi connectivity index (χ0n) is 12.0. The molecule has 1 amide bonds. The van der Waals surface area contributed by atoms with Crippen LogP contribution in [0.2, 0.25) is 0 Å². The molecule has 9 heteroatoms.